The second kappa shape index (κ2) is 9.66. The highest BCUT2D eigenvalue weighted by atomic mass is 32.2. The van der Waals surface area contributed by atoms with E-state index in [4.69, 9.17) is 0 Å². The monoisotopic (exact) mass is 461 g/mol. The number of carbonyl (C=O) groups is 2. The fourth-order valence-corrected chi connectivity index (χ4v) is 3.64. The minimum absolute atomic E-state index is 0.0506. The quantitative estimate of drug-likeness (QED) is 0.342. The first-order valence-electron chi connectivity index (χ1n) is 9.99. The molecule has 0 aliphatic rings. The van der Waals surface area contributed by atoms with E-state index in [2.05, 4.69) is 25.6 Å². The maximum Gasteiger partial charge on any atom is 0.255 e. The van der Waals surface area contributed by atoms with Gasteiger partial charge in [0.2, 0.25) is 5.91 Å². The lowest BCUT2D eigenvalue weighted by Crippen LogP contribution is -2.12. The van der Waals surface area contributed by atoms with Crippen molar-refractivity contribution in [1.82, 2.24) is 15.0 Å². The molecule has 7 nitrogen and oxygen atoms in total. The van der Waals surface area contributed by atoms with Crippen LogP contribution < -0.4 is 10.6 Å². The van der Waals surface area contributed by atoms with Crippen LogP contribution in [-0.4, -0.2) is 33.0 Å². The molecule has 4 rings (SSSR count). The van der Waals surface area contributed by atoms with Gasteiger partial charge in [0.1, 0.15) is 11.6 Å². The number of nitrogens with zero attached hydrogens (tertiary/aromatic N) is 2. The molecule has 33 heavy (non-hydrogen) atoms. The summed E-state index contributed by atoms with van der Waals surface area (Å²) in [4.78, 5) is 36.0. The molecule has 0 aliphatic carbocycles. The van der Waals surface area contributed by atoms with Gasteiger partial charge < -0.3 is 15.6 Å². The standard InChI is InChI=1S/C24H20FN5O2S/c1-14(31)27-20-13-17(10-11-26-20)22-21(29-24(30-22)33-2)16-8-9-18(25)19(12-16)28-23(32)15-6-4-3-5-7-15/h3-13H,1-2H3,(H,28,32)(H,29,30)(H,26,27,31). The highest BCUT2D eigenvalue weighted by Gasteiger charge is 2.17. The first kappa shape index (κ1) is 22.2. The molecule has 0 aliphatic heterocycles. The van der Waals surface area contributed by atoms with E-state index in [-0.39, 0.29) is 11.6 Å². The Morgan fingerprint density at radius 2 is 1.79 bits per heavy atom. The van der Waals surface area contributed by atoms with Crippen molar-refractivity contribution in [2.24, 2.45) is 0 Å². The lowest BCUT2D eigenvalue weighted by Gasteiger charge is -2.10. The number of carbonyl (C=O) groups excluding carboxylic acids is 2. The number of hydrogen-bond donors (Lipinski definition) is 3. The summed E-state index contributed by atoms with van der Waals surface area (Å²) >= 11 is 1.43. The molecule has 0 atom stereocenters. The van der Waals surface area contributed by atoms with Gasteiger partial charge in [-0.1, -0.05) is 30.0 Å². The number of rotatable bonds is 6. The molecule has 3 N–H and O–H groups in total. The van der Waals surface area contributed by atoms with Crippen molar-refractivity contribution in [1.29, 1.82) is 0 Å². The number of amides is 2. The minimum Gasteiger partial charge on any atom is -0.332 e. The maximum atomic E-state index is 14.5. The SMILES string of the molecule is CSc1nc(-c2ccc(F)c(NC(=O)c3ccccc3)c2)c(-c2ccnc(NC(C)=O)c2)[nH]1. The zero-order valence-electron chi connectivity index (χ0n) is 17.8. The molecule has 4 aromatic rings. The number of H-pyrrole nitrogens is 1. The van der Waals surface area contributed by atoms with Crippen molar-refractivity contribution in [3.63, 3.8) is 0 Å². The molecule has 2 amide bonds. The Morgan fingerprint density at radius 1 is 1.00 bits per heavy atom. The summed E-state index contributed by atoms with van der Waals surface area (Å²) in [6, 6.07) is 16.6. The van der Waals surface area contributed by atoms with Gasteiger partial charge in [0.15, 0.2) is 5.16 Å². The van der Waals surface area contributed by atoms with E-state index >= 15 is 0 Å². The fraction of sp³-hybridized carbons (Fsp3) is 0.0833. The Hall–Kier alpha value is -3.98. The van der Waals surface area contributed by atoms with Crippen LogP contribution in [0.15, 0.2) is 72.0 Å². The molecule has 2 heterocycles. The summed E-state index contributed by atoms with van der Waals surface area (Å²) in [5, 5.41) is 5.96. The number of pyridine rings is 1. The normalized spacial score (nSPS) is 10.6. The minimum atomic E-state index is -0.554. The summed E-state index contributed by atoms with van der Waals surface area (Å²) < 4.78 is 14.5. The van der Waals surface area contributed by atoms with E-state index in [0.29, 0.717) is 33.5 Å². The number of hydrogen-bond acceptors (Lipinski definition) is 5. The van der Waals surface area contributed by atoms with Crippen molar-refractivity contribution >= 4 is 35.1 Å². The van der Waals surface area contributed by atoms with Gasteiger partial charge in [0.25, 0.3) is 5.91 Å². The van der Waals surface area contributed by atoms with Gasteiger partial charge >= 0.3 is 0 Å². The number of aromatic amines is 1. The predicted octanol–water partition coefficient (Wildman–Crippen LogP) is 5.21. The van der Waals surface area contributed by atoms with Gasteiger partial charge in [0.05, 0.1) is 17.1 Å². The van der Waals surface area contributed by atoms with E-state index in [0.717, 1.165) is 5.56 Å². The first-order chi connectivity index (χ1) is 15.9. The van der Waals surface area contributed by atoms with Crippen LogP contribution in [0.2, 0.25) is 0 Å². The van der Waals surface area contributed by atoms with Crippen LogP contribution in [0.4, 0.5) is 15.9 Å². The van der Waals surface area contributed by atoms with Crippen molar-refractivity contribution < 1.29 is 14.0 Å². The molecule has 0 spiro atoms. The van der Waals surface area contributed by atoms with Gasteiger partial charge in [-0.2, -0.15) is 0 Å². The van der Waals surface area contributed by atoms with E-state index in [1.807, 2.05) is 6.26 Å². The largest absolute Gasteiger partial charge is 0.332 e. The maximum absolute atomic E-state index is 14.5. The van der Waals surface area contributed by atoms with Crippen LogP contribution in [0.3, 0.4) is 0 Å². The Kier molecular flexibility index (Phi) is 6.50. The zero-order valence-corrected chi connectivity index (χ0v) is 18.7. The number of halogens is 1. The van der Waals surface area contributed by atoms with Gasteiger partial charge in [-0.05, 0) is 48.7 Å². The van der Waals surface area contributed by atoms with Crippen LogP contribution in [0, 0.1) is 5.82 Å². The number of imidazole rings is 1. The molecule has 2 aromatic heterocycles. The van der Waals surface area contributed by atoms with Gasteiger partial charge in [-0.25, -0.2) is 14.4 Å². The predicted molar refractivity (Wildman–Crippen MR) is 128 cm³/mol. The molecule has 0 bridgehead atoms. The Morgan fingerprint density at radius 3 is 2.52 bits per heavy atom. The Bertz CT molecular complexity index is 1320. The molecule has 0 radical (unpaired) electrons. The van der Waals surface area contributed by atoms with Gasteiger partial charge in [0, 0.05) is 29.8 Å². The molecule has 0 fully saturated rings. The third kappa shape index (κ3) is 5.09. The van der Waals surface area contributed by atoms with Crippen molar-refractivity contribution in [3.05, 3.63) is 78.2 Å². The fourth-order valence-electron chi connectivity index (χ4n) is 3.25. The second-order valence-corrected chi connectivity index (χ2v) is 7.89. The topological polar surface area (TPSA) is 99.8 Å². The van der Waals surface area contributed by atoms with E-state index in [1.54, 1.807) is 60.8 Å². The molecular formula is C24H20FN5O2S. The molecule has 0 saturated carbocycles. The third-order valence-corrected chi connectivity index (χ3v) is 5.33. The molecule has 166 valence electrons. The Balaban J connectivity index is 1.73. The van der Waals surface area contributed by atoms with E-state index < -0.39 is 11.7 Å². The zero-order chi connectivity index (χ0) is 23.4. The number of thioether (sulfide) groups is 1. The average Bonchev–Trinajstić information content (AvgIpc) is 3.25. The van der Waals surface area contributed by atoms with Crippen molar-refractivity contribution in [2.45, 2.75) is 12.1 Å². The van der Waals surface area contributed by atoms with Gasteiger partial charge in [-0.15, -0.1) is 0 Å². The summed E-state index contributed by atoms with van der Waals surface area (Å²) in [5.74, 6) is -0.789. The lowest BCUT2D eigenvalue weighted by atomic mass is 10.0. The first-order valence-corrected chi connectivity index (χ1v) is 11.2. The smallest absolute Gasteiger partial charge is 0.255 e. The summed E-state index contributed by atoms with van der Waals surface area (Å²) in [5.41, 5.74) is 3.10. The highest BCUT2D eigenvalue weighted by molar-refractivity contribution is 7.98. The van der Waals surface area contributed by atoms with Crippen LogP contribution in [0.1, 0.15) is 17.3 Å². The summed E-state index contributed by atoms with van der Waals surface area (Å²) in [6.07, 6.45) is 3.47. The molecular weight excluding hydrogens is 441 g/mol. The summed E-state index contributed by atoms with van der Waals surface area (Å²) in [6.45, 7) is 1.41. The van der Waals surface area contributed by atoms with Crippen LogP contribution in [0.25, 0.3) is 22.5 Å². The number of benzene rings is 2. The van der Waals surface area contributed by atoms with Crippen molar-refractivity contribution in [3.8, 4) is 22.5 Å². The number of aromatic nitrogens is 3. The molecule has 0 unspecified atom stereocenters. The molecule has 0 saturated heterocycles. The third-order valence-electron chi connectivity index (χ3n) is 4.75. The van der Waals surface area contributed by atoms with Crippen LogP contribution >= 0.6 is 11.8 Å². The van der Waals surface area contributed by atoms with Gasteiger partial charge in [-0.3, -0.25) is 9.59 Å². The number of anilines is 2. The second-order valence-electron chi connectivity index (χ2n) is 7.10. The summed E-state index contributed by atoms with van der Waals surface area (Å²) in [7, 11) is 0. The molecule has 9 heteroatoms. The van der Waals surface area contributed by atoms with E-state index in [9.17, 15) is 14.0 Å². The van der Waals surface area contributed by atoms with Crippen LogP contribution in [0.5, 0.6) is 0 Å². The average molecular weight is 462 g/mol. The lowest BCUT2D eigenvalue weighted by molar-refractivity contribution is -0.114. The highest BCUT2D eigenvalue weighted by Crippen LogP contribution is 2.34. The number of nitrogens with one attached hydrogen (secondary N) is 3. The van der Waals surface area contributed by atoms with Crippen molar-refractivity contribution in [2.75, 3.05) is 16.9 Å². The Labute approximate surface area is 193 Å². The molecule has 2 aromatic carbocycles. The van der Waals surface area contributed by atoms with Crippen LogP contribution in [-0.2, 0) is 4.79 Å². The van der Waals surface area contributed by atoms with E-state index in [1.165, 1.54) is 24.8 Å².